The van der Waals surface area contributed by atoms with Gasteiger partial charge in [0.25, 0.3) is 0 Å². The van der Waals surface area contributed by atoms with E-state index in [1.54, 1.807) is 16.0 Å². The summed E-state index contributed by atoms with van der Waals surface area (Å²) in [5.41, 5.74) is 3.08. The first-order valence-electron chi connectivity index (χ1n) is 6.38. The highest BCUT2D eigenvalue weighted by molar-refractivity contribution is 7.13. The van der Waals surface area contributed by atoms with E-state index in [1.807, 2.05) is 60.8 Å². The van der Waals surface area contributed by atoms with Crippen LogP contribution in [0, 0.1) is 11.3 Å². The molecular weight excluding hydrogens is 282 g/mol. The van der Waals surface area contributed by atoms with Gasteiger partial charge in [0.2, 0.25) is 0 Å². The number of hydrogen-bond donors (Lipinski definition) is 0. The van der Waals surface area contributed by atoms with Gasteiger partial charge in [-0.05, 0) is 35.7 Å². The van der Waals surface area contributed by atoms with Crippen molar-refractivity contribution in [1.82, 2.24) is 15.0 Å². The van der Waals surface area contributed by atoms with Crippen LogP contribution in [-0.2, 0) is 0 Å². The largest absolute Gasteiger partial charge is 0.378 e. The van der Waals surface area contributed by atoms with Crippen molar-refractivity contribution in [2.24, 2.45) is 0 Å². The lowest BCUT2D eigenvalue weighted by molar-refractivity contribution is 0.807. The maximum absolute atomic E-state index is 9.23. The van der Waals surface area contributed by atoms with Crippen LogP contribution in [0.2, 0.25) is 0 Å². The Kier molecular flexibility index (Phi) is 3.42. The highest BCUT2D eigenvalue weighted by Gasteiger charge is 2.16. The van der Waals surface area contributed by atoms with Gasteiger partial charge in [-0.2, -0.15) is 5.26 Å². The molecule has 2 aromatic heterocycles. The van der Waals surface area contributed by atoms with E-state index in [0.29, 0.717) is 5.69 Å². The lowest BCUT2D eigenvalue weighted by atomic mass is 10.2. The van der Waals surface area contributed by atoms with Crippen LogP contribution >= 0.6 is 11.3 Å². The van der Waals surface area contributed by atoms with Crippen LogP contribution in [0.3, 0.4) is 0 Å². The summed E-state index contributed by atoms with van der Waals surface area (Å²) in [6.45, 7) is 0. The molecule has 0 aliphatic rings. The molecule has 0 aliphatic carbocycles. The van der Waals surface area contributed by atoms with Gasteiger partial charge in [0.15, 0.2) is 5.69 Å². The number of aromatic nitrogens is 3. The van der Waals surface area contributed by atoms with Crippen molar-refractivity contribution < 1.29 is 0 Å². The maximum Gasteiger partial charge on any atom is 0.191 e. The van der Waals surface area contributed by atoms with Crippen molar-refractivity contribution in [3.8, 4) is 22.3 Å². The molecule has 0 N–H and O–H groups in total. The summed E-state index contributed by atoms with van der Waals surface area (Å²) >= 11 is 1.57. The normalized spacial score (nSPS) is 10.3. The van der Waals surface area contributed by atoms with Gasteiger partial charge >= 0.3 is 0 Å². The van der Waals surface area contributed by atoms with Gasteiger partial charge in [0.1, 0.15) is 11.8 Å². The van der Waals surface area contributed by atoms with Crippen LogP contribution in [0.5, 0.6) is 0 Å². The first-order chi connectivity index (χ1) is 10.2. The lowest BCUT2D eigenvalue weighted by Gasteiger charge is -2.13. The van der Waals surface area contributed by atoms with Gasteiger partial charge in [-0.3, -0.25) is 0 Å². The van der Waals surface area contributed by atoms with Crippen LogP contribution < -0.4 is 4.90 Å². The Hall–Kier alpha value is -2.65. The van der Waals surface area contributed by atoms with Crippen molar-refractivity contribution in [1.29, 1.82) is 5.26 Å². The van der Waals surface area contributed by atoms with Gasteiger partial charge < -0.3 is 4.90 Å². The Bertz CT molecular complexity index is 779. The SMILES string of the molecule is CN(C)c1ccc(-n2nnc(C#N)c2-c2cccs2)cc1. The third kappa shape index (κ3) is 2.39. The smallest absolute Gasteiger partial charge is 0.191 e. The van der Waals surface area contributed by atoms with Crippen molar-refractivity contribution in [2.75, 3.05) is 19.0 Å². The van der Waals surface area contributed by atoms with Crippen LogP contribution in [0.25, 0.3) is 16.3 Å². The number of thiophene rings is 1. The van der Waals surface area contributed by atoms with Crippen molar-refractivity contribution >= 4 is 17.0 Å². The Morgan fingerprint density at radius 2 is 1.95 bits per heavy atom. The van der Waals surface area contributed by atoms with E-state index < -0.39 is 0 Å². The van der Waals surface area contributed by atoms with Crippen LogP contribution in [-0.4, -0.2) is 29.1 Å². The van der Waals surface area contributed by atoms with Crippen LogP contribution in [0.1, 0.15) is 5.69 Å². The van der Waals surface area contributed by atoms with E-state index in [-0.39, 0.29) is 0 Å². The summed E-state index contributed by atoms with van der Waals surface area (Å²) in [5, 5.41) is 19.3. The number of nitrogens with zero attached hydrogens (tertiary/aromatic N) is 5. The van der Waals surface area contributed by atoms with Crippen LogP contribution in [0.15, 0.2) is 41.8 Å². The Morgan fingerprint density at radius 3 is 2.52 bits per heavy atom. The molecule has 0 unspecified atom stereocenters. The fourth-order valence-corrected chi connectivity index (χ4v) is 2.82. The number of anilines is 1. The van der Waals surface area contributed by atoms with Crippen LogP contribution in [0.4, 0.5) is 5.69 Å². The Morgan fingerprint density at radius 1 is 1.19 bits per heavy atom. The molecule has 0 amide bonds. The molecule has 0 saturated heterocycles. The highest BCUT2D eigenvalue weighted by atomic mass is 32.1. The zero-order chi connectivity index (χ0) is 14.8. The third-order valence-electron chi connectivity index (χ3n) is 3.14. The number of rotatable bonds is 3. The van der Waals surface area contributed by atoms with Gasteiger partial charge in [-0.15, -0.1) is 16.4 Å². The minimum absolute atomic E-state index is 0.342. The maximum atomic E-state index is 9.23. The Balaban J connectivity index is 2.11. The summed E-state index contributed by atoms with van der Waals surface area (Å²) in [5.74, 6) is 0. The molecule has 2 heterocycles. The molecule has 0 atom stereocenters. The minimum Gasteiger partial charge on any atom is -0.378 e. The summed E-state index contributed by atoms with van der Waals surface area (Å²) in [4.78, 5) is 3.01. The van der Waals surface area contributed by atoms with E-state index in [2.05, 4.69) is 16.4 Å². The van der Waals surface area contributed by atoms with E-state index >= 15 is 0 Å². The first-order valence-corrected chi connectivity index (χ1v) is 7.26. The molecular formula is C15H13N5S. The average molecular weight is 295 g/mol. The van der Waals surface area contributed by atoms with Gasteiger partial charge in [0.05, 0.1) is 10.6 Å². The number of hydrogen-bond acceptors (Lipinski definition) is 5. The summed E-state index contributed by atoms with van der Waals surface area (Å²) in [6, 6.07) is 14.0. The van der Waals surface area contributed by atoms with Gasteiger partial charge in [-0.25, -0.2) is 4.68 Å². The molecule has 3 aromatic rings. The van der Waals surface area contributed by atoms with E-state index in [9.17, 15) is 5.26 Å². The summed E-state index contributed by atoms with van der Waals surface area (Å²) in [7, 11) is 3.99. The predicted molar refractivity (Wildman–Crippen MR) is 83.7 cm³/mol. The summed E-state index contributed by atoms with van der Waals surface area (Å²) < 4.78 is 1.71. The molecule has 6 heteroatoms. The molecule has 0 saturated carbocycles. The monoisotopic (exact) mass is 295 g/mol. The molecule has 0 bridgehead atoms. The average Bonchev–Trinajstić information content (AvgIpc) is 3.15. The third-order valence-corrected chi connectivity index (χ3v) is 4.02. The van der Waals surface area contributed by atoms with E-state index in [0.717, 1.165) is 21.9 Å². The standard InChI is InChI=1S/C15H13N5S/c1-19(2)11-5-7-12(8-6-11)20-15(13(10-16)17-18-20)14-4-3-9-21-14/h3-9H,1-2H3. The molecule has 104 valence electrons. The molecule has 0 aliphatic heterocycles. The molecule has 1 aromatic carbocycles. The first kappa shape index (κ1) is 13.3. The molecule has 0 radical (unpaired) electrons. The second-order valence-electron chi connectivity index (χ2n) is 4.70. The topological polar surface area (TPSA) is 57.7 Å². The Labute approximate surface area is 126 Å². The quantitative estimate of drug-likeness (QED) is 0.745. The molecule has 0 fully saturated rings. The number of nitriles is 1. The fraction of sp³-hybridized carbons (Fsp3) is 0.133. The van der Waals surface area contributed by atoms with E-state index in [1.165, 1.54) is 0 Å². The zero-order valence-electron chi connectivity index (χ0n) is 11.7. The van der Waals surface area contributed by atoms with E-state index in [4.69, 9.17) is 0 Å². The minimum atomic E-state index is 0.342. The highest BCUT2D eigenvalue weighted by Crippen LogP contribution is 2.29. The van der Waals surface area contributed by atoms with Gasteiger partial charge in [0, 0.05) is 19.8 Å². The molecule has 0 spiro atoms. The predicted octanol–water partition coefficient (Wildman–Crippen LogP) is 2.93. The molecule has 5 nitrogen and oxygen atoms in total. The van der Waals surface area contributed by atoms with Crippen molar-refractivity contribution in [3.05, 3.63) is 47.5 Å². The zero-order valence-corrected chi connectivity index (χ0v) is 12.5. The van der Waals surface area contributed by atoms with Crippen molar-refractivity contribution in [2.45, 2.75) is 0 Å². The summed E-state index contributed by atoms with van der Waals surface area (Å²) in [6.07, 6.45) is 0. The lowest BCUT2D eigenvalue weighted by Crippen LogP contribution is -2.08. The number of benzene rings is 1. The fourth-order valence-electron chi connectivity index (χ4n) is 2.06. The molecule has 21 heavy (non-hydrogen) atoms. The molecule has 3 rings (SSSR count). The second kappa shape index (κ2) is 5.38. The van der Waals surface area contributed by atoms with Gasteiger partial charge in [-0.1, -0.05) is 11.3 Å². The second-order valence-corrected chi connectivity index (χ2v) is 5.65. The van der Waals surface area contributed by atoms with Crippen molar-refractivity contribution in [3.63, 3.8) is 0 Å².